The van der Waals surface area contributed by atoms with Crippen LogP contribution in [0.4, 0.5) is 18.9 Å². The number of nitrogens with two attached hydrogens (primary N) is 1. The second kappa shape index (κ2) is 9.08. The van der Waals surface area contributed by atoms with Gasteiger partial charge in [-0.15, -0.1) is 13.2 Å². The summed E-state index contributed by atoms with van der Waals surface area (Å²) in [6.07, 6.45) is -4.27. The summed E-state index contributed by atoms with van der Waals surface area (Å²) in [5.41, 5.74) is 5.45. The van der Waals surface area contributed by atoms with E-state index in [1.54, 1.807) is 0 Å². The van der Waals surface area contributed by atoms with Crippen molar-refractivity contribution in [1.29, 1.82) is 0 Å². The second-order valence-corrected chi connectivity index (χ2v) is 8.36. The fourth-order valence-electron chi connectivity index (χ4n) is 2.70. The fourth-order valence-corrected chi connectivity index (χ4v) is 3.94. The summed E-state index contributed by atoms with van der Waals surface area (Å²) >= 11 is 0. The van der Waals surface area contributed by atoms with Crippen molar-refractivity contribution in [2.45, 2.75) is 22.3 Å². The lowest BCUT2D eigenvalue weighted by Crippen LogP contribution is -2.40. The van der Waals surface area contributed by atoms with Gasteiger partial charge < -0.3 is 25.3 Å². The molecule has 0 saturated carbocycles. The number of pyridine rings is 1. The van der Waals surface area contributed by atoms with Crippen LogP contribution in [-0.2, 0) is 19.3 Å². The first-order valence-corrected chi connectivity index (χ1v) is 10.4. The van der Waals surface area contributed by atoms with Gasteiger partial charge in [-0.2, -0.15) is 0 Å². The van der Waals surface area contributed by atoms with Crippen LogP contribution in [0.2, 0.25) is 0 Å². The van der Waals surface area contributed by atoms with Gasteiger partial charge in [-0.25, -0.2) is 13.4 Å². The normalized spacial score (nSPS) is 17.2. The molecule has 1 atom stereocenters. The zero-order valence-corrected chi connectivity index (χ0v) is 16.7. The number of nitrogens with one attached hydrogen (secondary N) is 1. The van der Waals surface area contributed by atoms with E-state index in [9.17, 15) is 26.4 Å². The van der Waals surface area contributed by atoms with E-state index in [4.69, 9.17) is 15.2 Å². The van der Waals surface area contributed by atoms with Gasteiger partial charge in [-0.3, -0.25) is 4.79 Å². The number of anilines is 1. The van der Waals surface area contributed by atoms with Gasteiger partial charge in [0.15, 0.2) is 5.69 Å². The molecule has 13 heteroatoms. The van der Waals surface area contributed by atoms with Gasteiger partial charge in [0.1, 0.15) is 5.75 Å². The molecule has 9 nitrogen and oxygen atoms in total. The Kier molecular flexibility index (Phi) is 6.67. The Labute approximate surface area is 175 Å². The number of amides is 1. The van der Waals surface area contributed by atoms with E-state index in [0.717, 1.165) is 36.5 Å². The fraction of sp³-hybridized carbons (Fsp3) is 0.333. The molecule has 1 aliphatic rings. The van der Waals surface area contributed by atoms with E-state index < -0.39 is 27.9 Å². The maximum Gasteiger partial charge on any atom is 0.573 e. The number of ether oxygens (including phenoxy) is 3. The molecule has 31 heavy (non-hydrogen) atoms. The highest BCUT2D eigenvalue weighted by molar-refractivity contribution is 7.91. The van der Waals surface area contributed by atoms with Crippen molar-refractivity contribution >= 4 is 21.4 Å². The number of nitrogen functional groups attached to an aromatic ring is 1. The molecular formula is C18H18F3N3O6S. The molecule has 0 aliphatic carbocycles. The van der Waals surface area contributed by atoms with Crippen LogP contribution in [0.15, 0.2) is 46.3 Å². The van der Waals surface area contributed by atoms with E-state index in [1.807, 2.05) is 0 Å². The van der Waals surface area contributed by atoms with Gasteiger partial charge in [0, 0.05) is 12.7 Å². The summed E-state index contributed by atoms with van der Waals surface area (Å²) in [5, 5.41) is 2.58. The Balaban J connectivity index is 1.72. The van der Waals surface area contributed by atoms with E-state index in [2.05, 4.69) is 15.0 Å². The molecule has 3 N–H and O–H groups in total. The molecule has 3 rings (SSSR count). The number of halogens is 3. The molecule has 1 saturated heterocycles. The molecule has 1 unspecified atom stereocenters. The zero-order valence-electron chi connectivity index (χ0n) is 15.9. The Morgan fingerprint density at radius 2 is 1.94 bits per heavy atom. The topological polar surface area (TPSA) is 130 Å². The Bertz CT molecular complexity index is 1040. The molecular weight excluding hydrogens is 443 g/mol. The number of hydrogen-bond donors (Lipinski definition) is 2. The Morgan fingerprint density at radius 1 is 1.23 bits per heavy atom. The van der Waals surface area contributed by atoms with Gasteiger partial charge in [0.2, 0.25) is 9.84 Å². The highest BCUT2D eigenvalue weighted by Crippen LogP contribution is 2.27. The van der Waals surface area contributed by atoms with Gasteiger partial charge in [0.05, 0.1) is 41.4 Å². The lowest BCUT2D eigenvalue weighted by atomic mass is 10.2. The molecule has 1 aromatic heterocycles. The van der Waals surface area contributed by atoms with E-state index >= 15 is 0 Å². The predicted molar refractivity (Wildman–Crippen MR) is 100 cm³/mol. The van der Waals surface area contributed by atoms with Crippen molar-refractivity contribution < 1.29 is 40.6 Å². The van der Waals surface area contributed by atoms with Gasteiger partial charge >= 0.3 is 6.36 Å². The van der Waals surface area contributed by atoms with Crippen molar-refractivity contribution in [2.75, 3.05) is 32.1 Å². The molecule has 0 bridgehead atoms. The van der Waals surface area contributed by atoms with E-state index in [0.29, 0.717) is 19.8 Å². The highest BCUT2D eigenvalue weighted by Gasteiger charge is 2.31. The van der Waals surface area contributed by atoms with Crippen molar-refractivity contribution in [1.82, 2.24) is 10.3 Å². The summed E-state index contributed by atoms with van der Waals surface area (Å²) in [6.45, 7) is 1.38. The number of aromatic nitrogens is 1. The molecule has 0 radical (unpaired) electrons. The third-order valence-corrected chi connectivity index (χ3v) is 5.90. The van der Waals surface area contributed by atoms with Crippen LogP contribution in [0.1, 0.15) is 10.5 Å². The number of rotatable bonds is 6. The second-order valence-electron chi connectivity index (χ2n) is 6.41. The third kappa shape index (κ3) is 5.83. The van der Waals surface area contributed by atoms with E-state index in [-0.39, 0.29) is 33.8 Å². The highest BCUT2D eigenvalue weighted by atomic mass is 32.2. The quantitative estimate of drug-likeness (QED) is 0.663. The van der Waals surface area contributed by atoms with Gasteiger partial charge in [-0.1, -0.05) is 0 Å². The third-order valence-electron chi connectivity index (χ3n) is 4.16. The largest absolute Gasteiger partial charge is 0.573 e. The van der Waals surface area contributed by atoms with Crippen molar-refractivity contribution in [2.24, 2.45) is 0 Å². The van der Waals surface area contributed by atoms with Gasteiger partial charge in [-0.05, 0) is 30.3 Å². The van der Waals surface area contributed by atoms with Crippen LogP contribution in [0, 0.1) is 0 Å². The molecule has 1 aromatic carbocycles. The number of hydrogen-bond acceptors (Lipinski definition) is 8. The lowest BCUT2D eigenvalue weighted by Gasteiger charge is -2.23. The molecule has 2 aromatic rings. The summed E-state index contributed by atoms with van der Waals surface area (Å²) in [7, 11) is -4.14. The number of benzene rings is 1. The van der Waals surface area contributed by atoms with Crippen LogP contribution in [-0.4, -0.2) is 58.1 Å². The van der Waals surface area contributed by atoms with Crippen LogP contribution in [0.5, 0.6) is 5.75 Å². The zero-order chi connectivity index (χ0) is 22.6. The minimum atomic E-state index is -4.90. The Morgan fingerprint density at radius 3 is 2.52 bits per heavy atom. The first-order valence-electron chi connectivity index (χ1n) is 8.90. The molecule has 2 heterocycles. The van der Waals surface area contributed by atoms with Crippen molar-refractivity contribution in [3.63, 3.8) is 0 Å². The maximum atomic E-state index is 12.7. The molecule has 1 amide bonds. The maximum absolute atomic E-state index is 12.7. The summed E-state index contributed by atoms with van der Waals surface area (Å²) < 4.78 is 76.5. The van der Waals surface area contributed by atoms with E-state index in [1.165, 1.54) is 0 Å². The SMILES string of the molecule is Nc1cc(S(=O)(=O)c2ccc(OC(F)(F)F)cc2)cnc1C(=O)NCC1COCCO1. The monoisotopic (exact) mass is 461 g/mol. The van der Waals surface area contributed by atoms with Crippen molar-refractivity contribution in [3.05, 3.63) is 42.2 Å². The average Bonchev–Trinajstić information content (AvgIpc) is 2.72. The number of carbonyl (C=O) groups is 1. The average molecular weight is 461 g/mol. The smallest absolute Gasteiger partial charge is 0.406 e. The minimum absolute atomic E-state index is 0.159. The van der Waals surface area contributed by atoms with Crippen LogP contribution < -0.4 is 15.8 Å². The number of carbonyl (C=O) groups excluding carboxylic acids is 1. The molecule has 1 aliphatic heterocycles. The predicted octanol–water partition coefficient (Wildman–Crippen LogP) is 1.54. The summed E-state index contributed by atoms with van der Waals surface area (Å²) in [6, 6.07) is 4.71. The number of nitrogens with zero attached hydrogens (tertiary/aromatic N) is 1. The number of alkyl halides is 3. The summed E-state index contributed by atoms with van der Waals surface area (Å²) in [5.74, 6) is -1.19. The summed E-state index contributed by atoms with van der Waals surface area (Å²) in [4.78, 5) is 15.5. The van der Waals surface area contributed by atoms with Crippen LogP contribution >= 0.6 is 0 Å². The molecule has 1 fully saturated rings. The van der Waals surface area contributed by atoms with Gasteiger partial charge in [0.25, 0.3) is 5.91 Å². The minimum Gasteiger partial charge on any atom is -0.406 e. The first-order chi connectivity index (χ1) is 14.6. The molecule has 0 spiro atoms. The number of sulfone groups is 1. The molecule has 168 valence electrons. The Hall–Kier alpha value is -2.90. The lowest BCUT2D eigenvalue weighted by molar-refractivity contribution is -0.274. The van der Waals surface area contributed by atoms with Crippen LogP contribution in [0.25, 0.3) is 0 Å². The first kappa shape index (κ1) is 22.8. The standard InChI is InChI=1S/C18H18F3N3O6S/c19-18(20,21)30-11-1-3-13(4-2-11)31(26,27)14-7-15(22)16(23-9-14)17(25)24-8-12-10-28-5-6-29-12/h1-4,7,9,12H,5-6,8,10,22H2,(H,24,25). The van der Waals surface area contributed by atoms with Crippen molar-refractivity contribution in [3.8, 4) is 5.75 Å². The van der Waals surface area contributed by atoms with Crippen LogP contribution in [0.3, 0.4) is 0 Å².